The summed E-state index contributed by atoms with van der Waals surface area (Å²) in [6.45, 7) is -0.0945. The predicted molar refractivity (Wildman–Crippen MR) is 57.7 cm³/mol. The molecule has 1 fully saturated rings. The average molecular weight is 217 g/mol. The lowest BCUT2D eigenvalue weighted by Crippen LogP contribution is -2.41. The topological polar surface area (TPSA) is 57.6 Å². The molecule has 0 unspecified atom stereocenters. The summed E-state index contributed by atoms with van der Waals surface area (Å²) in [5.74, 6) is -0.805. The Balaban J connectivity index is 2.10. The maximum atomic E-state index is 12.1. The molecule has 1 aliphatic carbocycles. The highest BCUT2D eigenvalue weighted by Gasteiger charge is 2.59. The minimum absolute atomic E-state index is 0.0874. The third-order valence-corrected chi connectivity index (χ3v) is 3.40. The van der Waals surface area contributed by atoms with Crippen LogP contribution in [0.5, 0.6) is 0 Å². The molecule has 0 saturated heterocycles. The van der Waals surface area contributed by atoms with Gasteiger partial charge in [-0.05, 0) is 25.0 Å². The Morgan fingerprint density at radius 1 is 1.38 bits per heavy atom. The van der Waals surface area contributed by atoms with E-state index in [9.17, 15) is 9.59 Å². The van der Waals surface area contributed by atoms with Gasteiger partial charge in [0.2, 0.25) is 0 Å². The molecule has 4 nitrogen and oxygen atoms in total. The van der Waals surface area contributed by atoms with Crippen molar-refractivity contribution in [3.63, 3.8) is 0 Å². The zero-order chi connectivity index (χ0) is 11.3. The first-order valence-corrected chi connectivity index (χ1v) is 5.28. The Kier molecular flexibility index (Phi) is 1.67. The molecule has 0 atom stereocenters. The third kappa shape index (κ3) is 1.04. The van der Waals surface area contributed by atoms with Crippen molar-refractivity contribution in [2.75, 3.05) is 11.4 Å². The Morgan fingerprint density at radius 3 is 2.69 bits per heavy atom. The number of carboxylic acid groups (broad SMARTS) is 1. The lowest BCUT2D eigenvalue weighted by atomic mass is 10.1. The molecule has 82 valence electrons. The Morgan fingerprint density at radius 2 is 2.06 bits per heavy atom. The molecule has 4 heteroatoms. The number of carbonyl (C=O) groups excluding carboxylic acids is 1. The van der Waals surface area contributed by atoms with Crippen LogP contribution < -0.4 is 4.90 Å². The van der Waals surface area contributed by atoms with Crippen molar-refractivity contribution in [3.05, 3.63) is 29.8 Å². The van der Waals surface area contributed by atoms with Gasteiger partial charge in [0, 0.05) is 11.3 Å². The van der Waals surface area contributed by atoms with E-state index in [1.807, 2.05) is 18.2 Å². The van der Waals surface area contributed by atoms with Gasteiger partial charge in [0.25, 0.3) is 0 Å². The van der Waals surface area contributed by atoms with Gasteiger partial charge in [-0.15, -0.1) is 0 Å². The first-order valence-electron chi connectivity index (χ1n) is 5.28. The molecule has 0 amide bonds. The van der Waals surface area contributed by atoms with E-state index in [2.05, 4.69) is 0 Å². The van der Waals surface area contributed by atoms with Crippen molar-refractivity contribution in [2.24, 2.45) is 0 Å². The van der Waals surface area contributed by atoms with E-state index in [1.54, 1.807) is 11.0 Å². The van der Waals surface area contributed by atoms with Crippen LogP contribution in [-0.4, -0.2) is 28.9 Å². The number of aliphatic carboxylic acids is 1. The van der Waals surface area contributed by atoms with Crippen LogP contribution in [0.15, 0.2) is 24.3 Å². The fraction of sp³-hybridized carbons (Fsp3) is 0.333. The van der Waals surface area contributed by atoms with Crippen molar-refractivity contribution in [1.29, 1.82) is 0 Å². The highest BCUT2D eigenvalue weighted by molar-refractivity contribution is 6.16. The molecule has 0 radical (unpaired) electrons. The van der Waals surface area contributed by atoms with Gasteiger partial charge in [-0.2, -0.15) is 0 Å². The van der Waals surface area contributed by atoms with Crippen LogP contribution in [0.2, 0.25) is 0 Å². The summed E-state index contributed by atoms with van der Waals surface area (Å²) in [5.41, 5.74) is 0.913. The number of fused-ring (bicyclic) bond motifs is 1. The lowest BCUT2D eigenvalue weighted by Gasteiger charge is -2.23. The number of carbonyl (C=O) groups is 2. The molecule has 1 aromatic rings. The molecular formula is C12H11NO3. The Bertz CT molecular complexity index is 491. The zero-order valence-electron chi connectivity index (χ0n) is 8.64. The van der Waals surface area contributed by atoms with Crippen LogP contribution in [0, 0.1) is 0 Å². The molecule has 16 heavy (non-hydrogen) atoms. The van der Waals surface area contributed by atoms with Gasteiger partial charge in [-0.3, -0.25) is 9.59 Å². The Labute approximate surface area is 92.5 Å². The second-order valence-electron chi connectivity index (χ2n) is 4.36. The van der Waals surface area contributed by atoms with Crippen LogP contribution in [0.1, 0.15) is 23.2 Å². The molecule has 1 saturated carbocycles. The zero-order valence-corrected chi connectivity index (χ0v) is 8.64. The fourth-order valence-electron chi connectivity index (χ4n) is 2.49. The number of anilines is 1. The standard InChI is InChI=1S/C12H11NO3/c14-10(15)7-13-9-4-2-1-3-8(9)11(16)12(13)5-6-12/h1-4H,5-7H2,(H,14,15). The van der Waals surface area contributed by atoms with Gasteiger partial charge in [-0.25, -0.2) is 0 Å². The molecule has 2 aliphatic rings. The normalized spacial score (nSPS) is 20.0. The van der Waals surface area contributed by atoms with E-state index < -0.39 is 11.5 Å². The summed E-state index contributed by atoms with van der Waals surface area (Å²) >= 11 is 0. The van der Waals surface area contributed by atoms with Crippen LogP contribution in [0.4, 0.5) is 5.69 Å². The van der Waals surface area contributed by atoms with E-state index >= 15 is 0 Å². The van der Waals surface area contributed by atoms with E-state index in [4.69, 9.17) is 5.11 Å². The second-order valence-corrected chi connectivity index (χ2v) is 4.36. The fourth-order valence-corrected chi connectivity index (χ4v) is 2.49. The first-order chi connectivity index (χ1) is 7.65. The molecule has 0 aromatic heterocycles. The molecule has 1 spiro atoms. The van der Waals surface area contributed by atoms with Crippen LogP contribution >= 0.6 is 0 Å². The van der Waals surface area contributed by atoms with Gasteiger partial charge in [0.1, 0.15) is 12.1 Å². The van der Waals surface area contributed by atoms with Gasteiger partial charge in [0.05, 0.1) is 0 Å². The van der Waals surface area contributed by atoms with Crippen LogP contribution in [0.25, 0.3) is 0 Å². The highest BCUT2D eigenvalue weighted by Crippen LogP contribution is 2.52. The van der Waals surface area contributed by atoms with Crippen LogP contribution in [0.3, 0.4) is 0 Å². The molecule has 1 aliphatic heterocycles. The molecule has 1 N–H and O–H groups in total. The van der Waals surface area contributed by atoms with Crippen molar-refractivity contribution in [3.8, 4) is 0 Å². The van der Waals surface area contributed by atoms with E-state index in [0.717, 1.165) is 18.5 Å². The quantitative estimate of drug-likeness (QED) is 0.811. The SMILES string of the molecule is O=C(O)CN1c2ccccc2C(=O)C12CC2. The van der Waals surface area contributed by atoms with Crippen molar-refractivity contribution in [2.45, 2.75) is 18.4 Å². The smallest absolute Gasteiger partial charge is 0.323 e. The van der Waals surface area contributed by atoms with Gasteiger partial charge in [0.15, 0.2) is 5.78 Å². The number of rotatable bonds is 2. The number of para-hydroxylation sites is 1. The number of Topliss-reactive ketones (excluding diaryl/α,β-unsaturated/α-hetero) is 1. The minimum atomic E-state index is -0.893. The van der Waals surface area contributed by atoms with Crippen LogP contribution in [-0.2, 0) is 4.79 Å². The first kappa shape index (κ1) is 9.39. The maximum Gasteiger partial charge on any atom is 0.323 e. The Hall–Kier alpha value is -1.84. The number of hydrogen-bond acceptors (Lipinski definition) is 3. The summed E-state index contributed by atoms with van der Waals surface area (Å²) in [6.07, 6.45) is 1.54. The average Bonchev–Trinajstić information content (AvgIpc) is 3.02. The number of benzene rings is 1. The number of carboxylic acids is 1. The van der Waals surface area contributed by atoms with Gasteiger partial charge >= 0.3 is 5.97 Å². The molecule has 1 aromatic carbocycles. The van der Waals surface area contributed by atoms with E-state index in [0.29, 0.717) is 5.56 Å². The molecule has 3 rings (SSSR count). The van der Waals surface area contributed by atoms with Crippen molar-refractivity contribution < 1.29 is 14.7 Å². The molecular weight excluding hydrogens is 206 g/mol. The second kappa shape index (κ2) is 2.84. The number of ketones is 1. The van der Waals surface area contributed by atoms with E-state index in [1.165, 1.54) is 0 Å². The highest BCUT2D eigenvalue weighted by atomic mass is 16.4. The lowest BCUT2D eigenvalue weighted by molar-refractivity contribution is -0.135. The predicted octanol–water partition coefficient (Wildman–Crippen LogP) is 1.31. The molecule has 1 heterocycles. The number of nitrogens with zero attached hydrogens (tertiary/aromatic N) is 1. The maximum absolute atomic E-state index is 12.1. The van der Waals surface area contributed by atoms with Crippen molar-refractivity contribution in [1.82, 2.24) is 0 Å². The number of hydrogen-bond donors (Lipinski definition) is 1. The minimum Gasteiger partial charge on any atom is -0.480 e. The van der Waals surface area contributed by atoms with Gasteiger partial charge in [-0.1, -0.05) is 12.1 Å². The summed E-state index contributed by atoms with van der Waals surface area (Å²) in [5, 5.41) is 8.89. The van der Waals surface area contributed by atoms with Crippen molar-refractivity contribution >= 4 is 17.4 Å². The van der Waals surface area contributed by atoms with Gasteiger partial charge < -0.3 is 10.0 Å². The summed E-state index contributed by atoms with van der Waals surface area (Å²) in [4.78, 5) is 24.7. The molecule has 0 bridgehead atoms. The summed E-state index contributed by atoms with van der Waals surface area (Å²) in [6, 6.07) is 7.25. The monoisotopic (exact) mass is 217 g/mol. The largest absolute Gasteiger partial charge is 0.480 e. The summed E-state index contributed by atoms with van der Waals surface area (Å²) < 4.78 is 0. The summed E-state index contributed by atoms with van der Waals surface area (Å²) in [7, 11) is 0. The van der Waals surface area contributed by atoms with E-state index in [-0.39, 0.29) is 12.3 Å². The third-order valence-electron chi connectivity index (χ3n) is 3.40.